The first kappa shape index (κ1) is 17.7. The van der Waals surface area contributed by atoms with Crippen LogP contribution < -0.4 is 5.32 Å². The van der Waals surface area contributed by atoms with Crippen LogP contribution in [0.4, 0.5) is 23.8 Å². The lowest BCUT2D eigenvalue weighted by molar-refractivity contribution is -0.137. The number of anilines is 1. The molecule has 2 amide bonds. The first-order chi connectivity index (χ1) is 11.8. The highest BCUT2D eigenvalue weighted by molar-refractivity contribution is 5.88. The maximum Gasteiger partial charge on any atom is 0.416 e. The van der Waals surface area contributed by atoms with Gasteiger partial charge < -0.3 is 9.64 Å². The minimum absolute atomic E-state index is 0.0558. The minimum Gasteiger partial charge on any atom is -0.377 e. The number of hydrogen-bond donors (Lipinski definition) is 1. The van der Waals surface area contributed by atoms with E-state index in [4.69, 9.17) is 4.74 Å². The first-order valence-electron chi connectivity index (χ1n) is 8.20. The number of nitrogens with one attached hydrogen (secondary N) is 1. The molecule has 1 aliphatic carbocycles. The minimum atomic E-state index is -4.47. The number of aromatic nitrogens is 1. The number of carbonyl (C=O) groups is 1. The molecule has 1 N–H and O–H groups in total. The van der Waals surface area contributed by atoms with E-state index in [1.807, 2.05) is 6.08 Å². The zero-order valence-electron chi connectivity index (χ0n) is 13.9. The second kappa shape index (κ2) is 7.03. The summed E-state index contributed by atoms with van der Waals surface area (Å²) in [7, 11) is 1.58. The van der Waals surface area contributed by atoms with Gasteiger partial charge in [-0.3, -0.25) is 5.32 Å². The summed E-state index contributed by atoms with van der Waals surface area (Å²) in [6.45, 7) is 1.49. The molecule has 0 bridgehead atoms. The van der Waals surface area contributed by atoms with Crippen molar-refractivity contribution in [1.29, 1.82) is 0 Å². The summed E-state index contributed by atoms with van der Waals surface area (Å²) in [4.78, 5) is 17.9. The number of urea groups is 1. The van der Waals surface area contributed by atoms with Crippen LogP contribution in [0.15, 0.2) is 23.8 Å². The van der Waals surface area contributed by atoms with Gasteiger partial charge in [0.15, 0.2) is 0 Å². The van der Waals surface area contributed by atoms with Crippen molar-refractivity contribution in [3.05, 3.63) is 35.0 Å². The molecule has 1 saturated carbocycles. The average molecular weight is 355 g/mol. The molecular formula is C17H20F3N3O2. The summed E-state index contributed by atoms with van der Waals surface area (Å²) in [5, 5.41) is 2.47. The molecule has 2 heterocycles. The van der Waals surface area contributed by atoms with Crippen LogP contribution in [0.3, 0.4) is 0 Å². The van der Waals surface area contributed by atoms with Gasteiger partial charge in [-0.25, -0.2) is 9.78 Å². The number of hydrogen-bond acceptors (Lipinski definition) is 3. The van der Waals surface area contributed by atoms with Gasteiger partial charge in [0.2, 0.25) is 0 Å². The maximum atomic E-state index is 13.1. The third-order valence-electron chi connectivity index (χ3n) is 4.17. The summed E-state index contributed by atoms with van der Waals surface area (Å²) in [5.74, 6) is -0.0114. The molecule has 0 unspecified atom stereocenters. The zero-order chi connectivity index (χ0) is 18.0. The molecule has 25 heavy (non-hydrogen) atoms. The summed E-state index contributed by atoms with van der Waals surface area (Å²) in [5.41, 5.74) is 0.571. The van der Waals surface area contributed by atoms with E-state index in [9.17, 15) is 18.0 Å². The molecule has 1 aliphatic heterocycles. The molecule has 1 aromatic heterocycles. The molecular weight excluding hydrogens is 335 g/mol. The van der Waals surface area contributed by atoms with Crippen LogP contribution in [0.1, 0.15) is 36.4 Å². The second-order valence-electron chi connectivity index (χ2n) is 6.43. The highest BCUT2D eigenvalue weighted by Crippen LogP contribution is 2.41. The summed E-state index contributed by atoms with van der Waals surface area (Å²) >= 11 is 0. The van der Waals surface area contributed by atoms with E-state index in [-0.39, 0.29) is 11.7 Å². The van der Waals surface area contributed by atoms with Crippen molar-refractivity contribution in [2.75, 3.05) is 32.1 Å². The number of rotatable bonds is 4. The van der Waals surface area contributed by atoms with Crippen molar-refractivity contribution in [2.24, 2.45) is 0 Å². The molecule has 0 aromatic carbocycles. The Kier molecular flexibility index (Phi) is 4.99. The van der Waals surface area contributed by atoms with Crippen LogP contribution in [-0.4, -0.2) is 42.7 Å². The summed E-state index contributed by atoms with van der Waals surface area (Å²) < 4.78 is 44.5. The van der Waals surface area contributed by atoms with E-state index in [0.717, 1.165) is 37.0 Å². The van der Waals surface area contributed by atoms with E-state index < -0.39 is 17.8 Å². The second-order valence-corrected chi connectivity index (χ2v) is 6.43. The fourth-order valence-electron chi connectivity index (χ4n) is 2.67. The molecule has 0 saturated heterocycles. The van der Waals surface area contributed by atoms with Gasteiger partial charge in [-0.05, 0) is 37.0 Å². The molecule has 1 fully saturated rings. The number of halogens is 3. The Bertz CT molecular complexity index is 684. The van der Waals surface area contributed by atoms with Crippen molar-refractivity contribution in [2.45, 2.75) is 31.4 Å². The van der Waals surface area contributed by atoms with Crippen molar-refractivity contribution in [3.63, 3.8) is 0 Å². The van der Waals surface area contributed by atoms with E-state index in [1.165, 1.54) is 4.90 Å². The number of likely N-dealkylation sites (N-methyl/N-ethyl adjacent to an activating group) is 1. The number of nitrogens with zero attached hydrogens (tertiary/aromatic N) is 2. The Hall–Kier alpha value is -2.09. The standard InChI is InChI=1S/C17H20F3N3O2/c1-23(9-11-3-2-6-25-10-11)16(24)22-15-8-13(17(18,19)20)7-14(21-15)12-4-5-12/h3,7-8,12H,2,4-6,9-10H2,1H3,(H,21,22,24). The smallest absolute Gasteiger partial charge is 0.377 e. The Morgan fingerprint density at radius 3 is 2.76 bits per heavy atom. The van der Waals surface area contributed by atoms with E-state index in [1.54, 1.807) is 7.05 Å². The highest BCUT2D eigenvalue weighted by Gasteiger charge is 2.34. The van der Waals surface area contributed by atoms with Gasteiger partial charge in [0, 0.05) is 25.2 Å². The Labute approximate surface area is 143 Å². The van der Waals surface area contributed by atoms with Gasteiger partial charge in [0.05, 0.1) is 18.8 Å². The van der Waals surface area contributed by atoms with Gasteiger partial charge in [-0.1, -0.05) is 6.08 Å². The third kappa shape index (κ3) is 4.72. The summed E-state index contributed by atoms with van der Waals surface area (Å²) in [6.07, 6.45) is -0.000552. The van der Waals surface area contributed by atoms with E-state index in [2.05, 4.69) is 10.3 Å². The van der Waals surface area contributed by atoms with Crippen LogP contribution in [0.25, 0.3) is 0 Å². The number of pyridine rings is 1. The lowest BCUT2D eigenvalue weighted by atomic mass is 10.1. The van der Waals surface area contributed by atoms with Crippen LogP contribution >= 0.6 is 0 Å². The van der Waals surface area contributed by atoms with E-state index >= 15 is 0 Å². The van der Waals surface area contributed by atoms with Crippen molar-refractivity contribution < 1.29 is 22.7 Å². The highest BCUT2D eigenvalue weighted by atomic mass is 19.4. The zero-order valence-corrected chi connectivity index (χ0v) is 13.9. The number of alkyl halides is 3. The first-order valence-corrected chi connectivity index (χ1v) is 8.20. The third-order valence-corrected chi connectivity index (χ3v) is 4.17. The van der Waals surface area contributed by atoms with Gasteiger partial charge in [0.25, 0.3) is 0 Å². The number of amides is 2. The molecule has 0 atom stereocenters. The molecule has 8 heteroatoms. The van der Waals surface area contributed by atoms with Crippen LogP contribution in [-0.2, 0) is 10.9 Å². The summed E-state index contributed by atoms with van der Waals surface area (Å²) in [6, 6.07) is 1.45. The van der Waals surface area contributed by atoms with Crippen LogP contribution in [0.5, 0.6) is 0 Å². The van der Waals surface area contributed by atoms with Gasteiger partial charge >= 0.3 is 12.2 Å². The SMILES string of the molecule is CN(CC1=CCCOC1)C(=O)Nc1cc(C(F)(F)F)cc(C2CC2)n1. The Morgan fingerprint density at radius 1 is 1.40 bits per heavy atom. The molecule has 2 aliphatic rings. The lowest BCUT2D eigenvalue weighted by Crippen LogP contribution is -2.34. The maximum absolute atomic E-state index is 13.1. The molecule has 136 valence electrons. The number of ether oxygens (including phenoxy) is 1. The molecule has 0 radical (unpaired) electrons. The largest absolute Gasteiger partial charge is 0.416 e. The van der Waals surface area contributed by atoms with Gasteiger partial charge in [-0.15, -0.1) is 0 Å². The molecule has 3 rings (SSSR count). The van der Waals surface area contributed by atoms with E-state index in [0.29, 0.717) is 25.5 Å². The fourth-order valence-corrected chi connectivity index (χ4v) is 2.67. The predicted octanol–water partition coefficient (Wildman–Crippen LogP) is 3.79. The average Bonchev–Trinajstić information content (AvgIpc) is 3.39. The Morgan fingerprint density at radius 2 is 2.16 bits per heavy atom. The quantitative estimate of drug-likeness (QED) is 0.836. The molecule has 1 aromatic rings. The van der Waals surface area contributed by atoms with Crippen LogP contribution in [0, 0.1) is 0 Å². The fraction of sp³-hybridized carbons (Fsp3) is 0.529. The predicted molar refractivity (Wildman–Crippen MR) is 86.4 cm³/mol. The lowest BCUT2D eigenvalue weighted by Gasteiger charge is -2.22. The molecule has 0 spiro atoms. The van der Waals surface area contributed by atoms with Crippen molar-refractivity contribution in [1.82, 2.24) is 9.88 Å². The monoisotopic (exact) mass is 355 g/mol. The number of carbonyl (C=O) groups excluding carboxylic acids is 1. The molecule has 5 nitrogen and oxygen atoms in total. The normalized spacial score (nSPS) is 17.8. The van der Waals surface area contributed by atoms with Crippen molar-refractivity contribution in [3.8, 4) is 0 Å². The van der Waals surface area contributed by atoms with Crippen LogP contribution in [0.2, 0.25) is 0 Å². The van der Waals surface area contributed by atoms with Gasteiger partial charge in [-0.2, -0.15) is 13.2 Å². The topological polar surface area (TPSA) is 54.5 Å². The Balaban J connectivity index is 1.71. The van der Waals surface area contributed by atoms with Crippen molar-refractivity contribution >= 4 is 11.8 Å². The van der Waals surface area contributed by atoms with Gasteiger partial charge in [0.1, 0.15) is 5.82 Å².